The molecule has 28 heavy (non-hydrogen) atoms. The maximum atomic E-state index is 12.6. The lowest BCUT2D eigenvalue weighted by atomic mass is 10.1. The predicted molar refractivity (Wildman–Crippen MR) is 116 cm³/mol. The quantitative estimate of drug-likeness (QED) is 0.575. The number of nitrogens with one attached hydrogen (secondary N) is 1. The molecule has 6 heteroatoms. The minimum Gasteiger partial charge on any atom is -0.493 e. The van der Waals surface area contributed by atoms with E-state index in [1.807, 2.05) is 6.92 Å². The number of rotatable bonds is 10. The van der Waals surface area contributed by atoms with Crippen molar-refractivity contribution in [1.29, 1.82) is 0 Å². The highest BCUT2D eigenvalue weighted by atomic mass is 79.9. The fourth-order valence-corrected chi connectivity index (χ4v) is 3.44. The Morgan fingerprint density at radius 3 is 2.29 bits per heavy atom. The Morgan fingerprint density at radius 1 is 1.07 bits per heavy atom. The number of methoxy groups -OCH3 is 1. The largest absolute Gasteiger partial charge is 0.493 e. The first kappa shape index (κ1) is 22.2. The Hall–Kier alpha value is -2.05. The highest BCUT2D eigenvalue weighted by Crippen LogP contribution is 2.36. The summed E-state index contributed by atoms with van der Waals surface area (Å²) in [5, 5.41) is 2.96. The fourth-order valence-electron chi connectivity index (χ4n) is 2.89. The second-order valence-corrected chi connectivity index (χ2v) is 7.24. The van der Waals surface area contributed by atoms with E-state index in [4.69, 9.17) is 9.47 Å². The molecule has 2 aromatic carbocycles. The van der Waals surface area contributed by atoms with E-state index < -0.39 is 0 Å². The van der Waals surface area contributed by atoms with Gasteiger partial charge in [0.2, 0.25) is 0 Å². The van der Waals surface area contributed by atoms with Crippen molar-refractivity contribution in [3.63, 3.8) is 0 Å². The summed E-state index contributed by atoms with van der Waals surface area (Å²) in [6.07, 6.45) is 0. The number of nitrogens with zero attached hydrogens (tertiary/aromatic N) is 1. The third-order valence-corrected chi connectivity index (χ3v) is 5.15. The third kappa shape index (κ3) is 5.97. The van der Waals surface area contributed by atoms with Crippen LogP contribution in [0.15, 0.2) is 40.9 Å². The van der Waals surface area contributed by atoms with Crippen molar-refractivity contribution in [3.8, 4) is 11.5 Å². The summed E-state index contributed by atoms with van der Waals surface area (Å²) >= 11 is 3.45. The number of carbonyl (C=O) groups excluding carboxylic acids is 1. The second-order valence-electron chi connectivity index (χ2n) is 6.38. The van der Waals surface area contributed by atoms with E-state index in [1.165, 1.54) is 5.56 Å². The van der Waals surface area contributed by atoms with Gasteiger partial charge in [0, 0.05) is 18.7 Å². The Bertz CT molecular complexity index is 774. The van der Waals surface area contributed by atoms with Crippen molar-refractivity contribution in [1.82, 2.24) is 10.2 Å². The van der Waals surface area contributed by atoms with E-state index in [9.17, 15) is 4.79 Å². The van der Waals surface area contributed by atoms with Crippen LogP contribution >= 0.6 is 15.9 Å². The van der Waals surface area contributed by atoms with Crippen LogP contribution in [0.3, 0.4) is 0 Å². The normalized spacial score (nSPS) is 10.8. The van der Waals surface area contributed by atoms with Crippen LogP contribution in [0.5, 0.6) is 11.5 Å². The van der Waals surface area contributed by atoms with Gasteiger partial charge in [-0.1, -0.05) is 38.1 Å². The number of ether oxygens (including phenoxy) is 2. The van der Waals surface area contributed by atoms with Crippen LogP contribution in [0.25, 0.3) is 0 Å². The fraction of sp³-hybridized carbons (Fsp3) is 0.409. The molecule has 0 aliphatic heterocycles. The SMILES string of the molecule is CCOc1c(Br)cc(C(=O)NCc2ccc(CN(CC)CC)cc2)cc1OC. The molecule has 0 unspecified atom stereocenters. The van der Waals surface area contributed by atoms with Gasteiger partial charge in [0.1, 0.15) is 0 Å². The van der Waals surface area contributed by atoms with Crippen molar-refractivity contribution in [2.75, 3.05) is 26.8 Å². The van der Waals surface area contributed by atoms with Gasteiger partial charge >= 0.3 is 0 Å². The number of hydrogen-bond acceptors (Lipinski definition) is 4. The number of carbonyl (C=O) groups is 1. The Morgan fingerprint density at radius 2 is 1.71 bits per heavy atom. The molecular weight excluding hydrogens is 420 g/mol. The molecule has 0 heterocycles. The first-order valence-corrected chi connectivity index (χ1v) is 10.4. The van der Waals surface area contributed by atoms with Gasteiger partial charge in [-0.3, -0.25) is 9.69 Å². The summed E-state index contributed by atoms with van der Waals surface area (Å²) < 4.78 is 11.6. The molecule has 0 bridgehead atoms. The minimum atomic E-state index is -0.158. The Balaban J connectivity index is 2.01. The smallest absolute Gasteiger partial charge is 0.251 e. The first-order valence-electron chi connectivity index (χ1n) is 9.61. The van der Waals surface area contributed by atoms with E-state index >= 15 is 0 Å². The molecule has 0 saturated carbocycles. The monoisotopic (exact) mass is 448 g/mol. The van der Waals surface area contributed by atoms with Crippen molar-refractivity contribution >= 4 is 21.8 Å². The summed E-state index contributed by atoms with van der Waals surface area (Å²) in [7, 11) is 1.56. The lowest BCUT2D eigenvalue weighted by Gasteiger charge is -2.18. The van der Waals surface area contributed by atoms with Crippen molar-refractivity contribution in [2.45, 2.75) is 33.9 Å². The van der Waals surface area contributed by atoms with Crippen molar-refractivity contribution in [2.24, 2.45) is 0 Å². The zero-order valence-corrected chi connectivity index (χ0v) is 18.6. The number of amides is 1. The zero-order valence-electron chi connectivity index (χ0n) is 17.0. The highest BCUT2D eigenvalue weighted by Gasteiger charge is 2.15. The topological polar surface area (TPSA) is 50.8 Å². The van der Waals surface area contributed by atoms with E-state index in [-0.39, 0.29) is 5.91 Å². The number of hydrogen-bond donors (Lipinski definition) is 1. The van der Waals surface area contributed by atoms with E-state index in [2.05, 4.69) is 64.3 Å². The zero-order chi connectivity index (χ0) is 20.5. The van der Waals surface area contributed by atoms with Gasteiger partial charge in [-0.25, -0.2) is 0 Å². The van der Waals surface area contributed by atoms with Crippen molar-refractivity contribution < 1.29 is 14.3 Å². The van der Waals surface area contributed by atoms with Gasteiger partial charge in [0.25, 0.3) is 5.91 Å². The third-order valence-electron chi connectivity index (χ3n) is 4.56. The molecule has 152 valence electrons. The molecule has 0 aromatic heterocycles. The molecule has 1 N–H and O–H groups in total. The van der Waals surface area contributed by atoms with Crippen LogP contribution < -0.4 is 14.8 Å². The molecule has 0 radical (unpaired) electrons. The maximum absolute atomic E-state index is 12.6. The van der Waals surface area contributed by atoms with Crippen LogP contribution in [0.4, 0.5) is 0 Å². The second kappa shape index (κ2) is 11.1. The molecule has 1 amide bonds. The van der Waals surface area contributed by atoms with Gasteiger partial charge < -0.3 is 14.8 Å². The molecule has 0 aliphatic carbocycles. The van der Waals surface area contributed by atoms with Gasteiger partial charge in [0.15, 0.2) is 11.5 Å². The molecule has 2 rings (SSSR count). The molecular formula is C22H29BrN2O3. The van der Waals surface area contributed by atoms with Crippen LogP contribution in [0.2, 0.25) is 0 Å². The Kier molecular flexibility index (Phi) is 8.80. The van der Waals surface area contributed by atoms with Crippen LogP contribution in [-0.2, 0) is 13.1 Å². The summed E-state index contributed by atoms with van der Waals surface area (Å²) in [6.45, 7) is 10.2. The van der Waals surface area contributed by atoms with Gasteiger partial charge in [-0.05, 0) is 59.2 Å². The number of benzene rings is 2. The minimum absolute atomic E-state index is 0.158. The predicted octanol–water partition coefficient (Wildman–Crippen LogP) is 4.63. The maximum Gasteiger partial charge on any atom is 0.251 e. The summed E-state index contributed by atoms with van der Waals surface area (Å²) in [6, 6.07) is 11.8. The summed E-state index contributed by atoms with van der Waals surface area (Å²) in [4.78, 5) is 14.9. The molecule has 2 aromatic rings. The lowest BCUT2D eigenvalue weighted by molar-refractivity contribution is 0.0950. The van der Waals surface area contributed by atoms with Crippen LogP contribution in [-0.4, -0.2) is 37.6 Å². The molecule has 5 nitrogen and oxygen atoms in total. The molecule has 0 aliphatic rings. The molecule has 0 atom stereocenters. The van der Waals surface area contributed by atoms with E-state index in [0.717, 1.165) is 25.2 Å². The summed E-state index contributed by atoms with van der Waals surface area (Å²) in [5.41, 5.74) is 2.86. The number of halogens is 1. The standard InChI is InChI=1S/C22H29BrN2O3/c1-5-25(6-2)15-17-10-8-16(9-11-17)14-24-22(26)18-12-19(23)21(28-7-3)20(13-18)27-4/h8-13H,5-7,14-15H2,1-4H3,(H,24,26). The van der Waals surface area contributed by atoms with Crippen LogP contribution in [0.1, 0.15) is 42.3 Å². The Labute approximate surface area is 176 Å². The van der Waals surface area contributed by atoms with E-state index in [0.29, 0.717) is 34.7 Å². The van der Waals surface area contributed by atoms with Gasteiger partial charge in [-0.2, -0.15) is 0 Å². The van der Waals surface area contributed by atoms with Crippen molar-refractivity contribution in [3.05, 3.63) is 57.6 Å². The van der Waals surface area contributed by atoms with E-state index in [1.54, 1.807) is 19.2 Å². The van der Waals surface area contributed by atoms with Gasteiger partial charge in [-0.15, -0.1) is 0 Å². The average Bonchev–Trinajstić information content (AvgIpc) is 2.72. The summed E-state index contributed by atoms with van der Waals surface area (Å²) in [5.74, 6) is 0.974. The molecule has 0 fully saturated rings. The lowest BCUT2D eigenvalue weighted by Crippen LogP contribution is -2.23. The van der Waals surface area contributed by atoms with Crippen LogP contribution in [0, 0.1) is 0 Å². The first-order chi connectivity index (χ1) is 13.5. The average molecular weight is 449 g/mol. The molecule has 0 saturated heterocycles. The molecule has 0 spiro atoms. The van der Waals surface area contributed by atoms with Gasteiger partial charge in [0.05, 0.1) is 18.2 Å². The highest BCUT2D eigenvalue weighted by molar-refractivity contribution is 9.10.